The summed E-state index contributed by atoms with van der Waals surface area (Å²) in [6.45, 7) is 5.69. The lowest BCUT2D eigenvalue weighted by Crippen LogP contribution is -2.16. The third kappa shape index (κ3) is 3.88. The fourth-order valence-corrected chi connectivity index (χ4v) is 3.85. The number of amides is 1. The van der Waals surface area contributed by atoms with Gasteiger partial charge in [0.2, 0.25) is 11.0 Å². The zero-order valence-corrected chi connectivity index (χ0v) is 17.2. The predicted molar refractivity (Wildman–Crippen MR) is 112 cm³/mol. The molecule has 0 aliphatic carbocycles. The molecule has 1 aromatic carbocycles. The van der Waals surface area contributed by atoms with Crippen molar-refractivity contribution in [3.8, 4) is 11.3 Å². The van der Waals surface area contributed by atoms with Crippen molar-refractivity contribution in [3.05, 3.63) is 64.2 Å². The Morgan fingerprint density at radius 3 is 2.76 bits per heavy atom. The van der Waals surface area contributed by atoms with Crippen LogP contribution in [0.5, 0.6) is 0 Å². The number of hydrogen-bond acceptors (Lipinski definition) is 5. The summed E-state index contributed by atoms with van der Waals surface area (Å²) in [5.74, 6) is -0.470. The summed E-state index contributed by atoms with van der Waals surface area (Å²) in [5, 5.41) is 12.2. The molecule has 148 valence electrons. The van der Waals surface area contributed by atoms with E-state index in [1.54, 1.807) is 19.1 Å². The van der Waals surface area contributed by atoms with Crippen LogP contribution in [0.4, 0.5) is 9.52 Å². The van der Waals surface area contributed by atoms with E-state index in [1.807, 2.05) is 36.6 Å². The Hall–Kier alpha value is -3.13. The molecule has 0 saturated carbocycles. The molecule has 0 saturated heterocycles. The quantitative estimate of drug-likeness (QED) is 0.532. The molecule has 0 aliphatic rings. The van der Waals surface area contributed by atoms with Crippen molar-refractivity contribution in [1.29, 1.82) is 0 Å². The first-order valence-electron chi connectivity index (χ1n) is 9.31. The number of nitrogens with zero attached hydrogens (tertiary/aromatic N) is 4. The van der Waals surface area contributed by atoms with Gasteiger partial charge in [-0.2, -0.15) is 0 Å². The van der Waals surface area contributed by atoms with E-state index in [9.17, 15) is 9.18 Å². The molecule has 1 amide bonds. The molecule has 8 heteroatoms. The summed E-state index contributed by atoms with van der Waals surface area (Å²) in [6.07, 6.45) is 2.83. The SMILES string of the molecule is CCc1nnc(NC(=O)Cc2c(-c3ccc(F)c(C)c3)nc3ccc(C)cn23)s1. The van der Waals surface area contributed by atoms with E-state index in [0.717, 1.165) is 33.9 Å². The van der Waals surface area contributed by atoms with Crippen LogP contribution in [0.3, 0.4) is 0 Å². The van der Waals surface area contributed by atoms with E-state index in [1.165, 1.54) is 17.4 Å². The average Bonchev–Trinajstić information content (AvgIpc) is 3.28. The lowest BCUT2D eigenvalue weighted by Gasteiger charge is -2.07. The van der Waals surface area contributed by atoms with Gasteiger partial charge in [-0.3, -0.25) is 4.79 Å². The molecule has 4 aromatic rings. The van der Waals surface area contributed by atoms with Crippen LogP contribution in [-0.4, -0.2) is 25.5 Å². The van der Waals surface area contributed by atoms with Gasteiger partial charge < -0.3 is 9.72 Å². The third-order valence-corrected chi connectivity index (χ3v) is 5.62. The van der Waals surface area contributed by atoms with Crippen LogP contribution >= 0.6 is 11.3 Å². The van der Waals surface area contributed by atoms with Crippen LogP contribution in [0.2, 0.25) is 0 Å². The van der Waals surface area contributed by atoms with Crippen molar-refractivity contribution in [2.45, 2.75) is 33.6 Å². The second-order valence-corrected chi connectivity index (χ2v) is 7.95. The number of carbonyl (C=O) groups is 1. The van der Waals surface area contributed by atoms with Gasteiger partial charge in [-0.15, -0.1) is 10.2 Å². The van der Waals surface area contributed by atoms with E-state index < -0.39 is 0 Å². The molecule has 0 unspecified atom stereocenters. The van der Waals surface area contributed by atoms with E-state index in [0.29, 0.717) is 16.4 Å². The molecule has 3 heterocycles. The van der Waals surface area contributed by atoms with Crippen molar-refractivity contribution < 1.29 is 9.18 Å². The Bertz CT molecular complexity index is 1210. The number of aromatic nitrogens is 4. The normalized spacial score (nSPS) is 11.2. The predicted octanol–water partition coefficient (Wildman–Crippen LogP) is 4.35. The van der Waals surface area contributed by atoms with E-state index >= 15 is 0 Å². The topological polar surface area (TPSA) is 72.2 Å². The van der Waals surface area contributed by atoms with Gasteiger partial charge in [0.1, 0.15) is 16.5 Å². The number of aryl methyl sites for hydroxylation is 3. The zero-order chi connectivity index (χ0) is 20.5. The fraction of sp³-hybridized carbons (Fsp3) is 0.238. The number of imidazole rings is 1. The Morgan fingerprint density at radius 2 is 2.03 bits per heavy atom. The van der Waals surface area contributed by atoms with E-state index in [4.69, 9.17) is 4.98 Å². The van der Waals surface area contributed by atoms with Crippen LogP contribution in [-0.2, 0) is 17.6 Å². The van der Waals surface area contributed by atoms with Crippen LogP contribution in [0.15, 0.2) is 36.5 Å². The first kappa shape index (κ1) is 19.2. The Balaban J connectivity index is 1.73. The Morgan fingerprint density at radius 1 is 1.21 bits per heavy atom. The number of pyridine rings is 1. The summed E-state index contributed by atoms with van der Waals surface area (Å²) in [7, 11) is 0. The number of benzene rings is 1. The maximum atomic E-state index is 13.8. The standard InChI is InChI=1S/C21H20FN5OS/c1-4-19-25-26-21(29-19)24-18(28)10-16-20(14-6-7-15(22)13(3)9-14)23-17-8-5-12(2)11-27(16)17/h5-9,11H,4,10H2,1-3H3,(H,24,26,28). The summed E-state index contributed by atoms with van der Waals surface area (Å²) >= 11 is 1.37. The molecule has 0 atom stereocenters. The number of nitrogens with one attached hydrogen (secondary N) is 1. The number of carbonyl (C=O) groups excluding carboxylic acids is 1. The minimum Gasteiger partial charge on any atom is -0.303 e. The summed E-state index contributed by atoms with van der Waals surface area (Å²) < 4.78 is 15.7. The average molecular weight is 409 g/mol. The molecule has 0 spiro atoms. The zero-order valence-electron chi connectivity index (χ0n) is 16.4. The number of hydrogen-bond donors (Lipinski definition) is 1. The molecule has 4 rings (SSSR count). The van der Waals surface area contributed by atoms with Gasteiger partial charge in [-0.1, -0.05) is 24.3 Å². The molecule has 29 heavy (non-hydrogen) atoms. The largest absolute Gasteiger partial charge is 0.303 e. The molecule has 1 N–H and O–H groups in total. The molecule has 0 fully saturated rings. The second-order valence-electron chi connectivity index (χ2n) is 6.89. The van der Waals surface area contributed by atoms with Crippen molar-refractivity contribution >= 4 is 28.0 Å². The molecular formula is C21H20FN5OS. The number of anilines is 1. The van der Waals surface area contributed by atoms with Crippen molar-refractivity contribution in [2.24, 2.45) is 0 Å². The molecule has 0 bridgehead atoms. The summed E-state index contributed by atoms with van der Waals surface area (Å²) in [4.78, 5) is 17.4. The van der Waals surface area contributed by atoms with Crippen molar-refractivity contribution in [3.63, 3.8) is 0 Å². The number of rotatable bonds is 5. The summed E-state index contributed by atoms with van der Waals surface area (Å²) in [5.41, 5.74) is 4.51. The first-order chi connectivity index (χ1) is 13.9. The molecule has 0 radical (unpaired) electrons. The minimum atomic E-state index is -0.268. The fourth-order valence-electron chi connectivity index (χ4n) is 3.15. The van der Waals surface area contributed by atoms with Gasteiger partial charge in [-0.25, -0.2) is 9.37 Å². The summed E-state index contributed by atoms with van der Waals surface area (Å²) in [6, 6.07) is 8.76. The Labute approximate surface area is 171 Å². The highest BCUT2D eigenvalue weighted by Gasteiger charge is 2.19. The third-order valence-electron chi connectivity index (χ3n) is 4.64. The minimum absolute atomic E-state index is 0.109. The molecule has 3 aromatic heterocycles. The maximum absolute atomic E-state index is 13.8. The number of halogens is 1. The van der Waals surface area contributed by atoms with E-state index in [-0.39, 0.29) is 18.1 Å². The van der Waals surface area contributed by atoms with Crippen molar-refractivity contribution in [2.75, 3.05) is 5.32 Å². The first-order valence-corrected chi connectivity index (χ1v) is 10.1. The monoisotopic (exact) mass is 409 g/mol. The lowest BCUT2D eigenvalue weighted by atomic mass is 10.1. The Kier molecular flexibility index (Phi) is 5.10. The van der Waals surface area contributed by atoms with Gasteiger partial charge in [0, 0.05) is 11.8 Å². The van der Waals surface area contributed by atoms with E-state index in [2.05, 4.69) is 15.5 Å². The molecular weight excluding hydrogens is 389 g/mol. The smallest absolute Gasteiger partial charge is 0.232 e. The molecule has 6 nitrogen and oxygen atoms in total. The highest BCUT2D eigenvalue weighted by atomic mass is 32.1. The lowest BCUT2D eigenvalue weighted by molar-refractivity contribution is -0.115. The van der Waals surface area contributed by atoms with Gasteiger partial charge >= 0.3 is 0 Å². The van der Waals surface area contributed by atoms with Gasteiger partial charge in [0.05, 0.1) is 17.8 Å². The van der Waals surface area contributed by atoms with Crippen LogP contribution in [0.1, 0.15) is 28.8 Å². The highest BCUT2D eigenvalue weighted by Crippen LogP contribution is 2.27. The highest BCUT2D eigenvalue weighted by molar-refractivity contribution is 7.15. The van der Waals surface area contributed by atoms with Crippen molar-refractivity contribution in [1.82, 2.24) is 19.6 Å². The van der Waals surface area contributed by atoms with Gasteiger partial charge in [-0.05, 0) is 55.7 Å². The van der Waals surface area contributed by atoms with Gasteiger partial charge in [0.15, 0.2) is 0 Å². The van der Waals surface area contributed by atoms with Crippen LogP contribution in [0.25, 0.3) is 16.9 Å². The second kappa shape index (κ2) is 7.71. The van der Waals surface area contributed by atoms with Crippen LogP contribution < -0.4 is 5.32 Å². The van der Waals surface area contributed by atoms with Crippen LogP contribution in [0, 0.1) is 19.7 Å². The maximum Gasteiger partial charge on any atom is 0.232 e. The molecule has 0 aliphatic heterocycles. The van der Waals surface area contributed by atoms with Gasteiger partial charge in [0.25, 0.3) is 0 Å². The number of fused-ring (bicyclic) bond motifs is 1.